The lowest BCUT2D eigenvalue weighted by Crippen LogP contribution is -2.22. The average molecular weight is 230 g/mol. The molecule has 0 aromatic carbocycles. The molecular weight excluding hydrogens is 208 g/mol. The number of hydrogen-bond donors (Lipinski definition) is 0. The summed E-state index contributed by atoms with van der Waals surface area (Å²) in [6.07, 6.45) is 1.92. The molecule has 2 heteroatoms. The maximum atomic E-state index is 4.73. The maximum Gasteiger partial charge on any atom is 0.0668 e. The minimum Gasteiger partial charge on any atom is -0.284 e. The Morgan fingerprint density at radius 2 is 1.65 bits per heavy atom. The van der Waals surface area contributed by atoms with Gasteiger partial charge in [0, 0.05) is 33.9 Å². The predicted octanol–water partition coefficient (Wildman–Crippen LogP) is 3.73. The third-order valence-corrected chi connectivity index (χ3v) is 3.13. The van der Waals surface area contributed by atoms with Crippen molar-refractivity contribution in [1.29, 1.82) is 0 Å². The zero-order valence-electron chi connectivity index (χ0n) is 11.8. The summed E-state index contributed by atoms with van der Waals surface area (Å²) in [4.78, 5) is 9.29. The van der Waals surface area contributed by atoms with Gasteiger partial charge in [0.1, 0.15) is 0 Å². The normalized spacial score (nSPS) is 15.8. The van der Waals surface area contributed by atoms with Crippen molar-refractivity contribution in [3.05, 3.63) is 29.1 Å². The van der Waals surface area contributed by atoms with Gasteiger partial charge in [0.15, 0.2) is 0 Å². The second-order valence-electron chi connectivity index (χ2n) is 6.85. The molecule has 2 heterocycles. The number of aliphatic imine (C=N–C) groups is 1. The van der Waals surface area contributed by atoms with E-state index in [1.165, 1.54) is 22.5 Å². The van der Waals surface area contributed by atoms with Crippen molar-refractivity contribution >= 4 is 5.71 Å². The summed E-state index contributed by atoms with van der Waals surface area (Å²) in [7, 11) is 0. The Labute approximate surface area is 104 Å². The number of hydrogen-bond acceptors (Lipinski definition) is 2. The fourth-order valence-electron chi connectivity index (χ4n) is 2.41. The molecule has 0 bridgehead atoms. The molecule has 17 heavy (non-hydrogen) atoms. The van der Waals surface area contributed by atoms with Gasteiger partial charge in [-0.3, -0.25) is 9.98 Å². The number of fused-ring (bicyclic) bond motifs is 1. The van der Waals surface area contributed by atoms with Gasteiger partial charge < -0.3 is 0 Å². The Hall–Kier alpha value is -1.18. The van der Waals surface area contributed by atoms with Crippen molar-refractivity contribution in [2.75, 3.05) is 0 Å². The topological polar surface area (TPSA) is 25.2 Å². The fourth-order valence-corrected chi connectivity index (χ4v) is 2.41. The van der Waals surface area contributed by atoms with Crippen LogP contribution in [0.4, 0.5) is 0 Å². The Kier molecular flexibility index (Phi) is 2.64. The number of aromatic nitrogens is 1. The van der Waals surface area contributed by atoms with Crippen molar-refractivity contribution in [2.45, 2.75) is 53.5 Å². The fraction of sp³-hybridized carbons (Fsp3) is 0.600. The van der Waals surface area contributed by atoms with Crippen LogP contribution in [-0.2, 0) is 12.0 Å². The first-order valence-corrected chi connectivity index (χ1v) is 6.25. The number of rotatable bonds is 0. The zero-order valence-corrected chi connectivity index (χ0v) is 11.8. The standard InChI is InChI=1S/C15H22N2/c1-14(2,3)12-10-7-8-16-13(15(4,5)6)11(10)9-17-12/h7-8H,9H2,1-6H3. The molecule has 92 valence electrons. The van der Waals surface area contributed by atoms with E-state index in [1.54, 1.807) is 0 Å². The van der Waals surface area contributed by atoms with Crippen molar-refractivity contribution in [3.8, 4) is 0 Å². The molecule has 1 aromatic rings. The molecule has 0 amide bonds. The first-order valence-electron chi connectivity index (χ1n) is 6.25. The van der Waals surface area contributed by atoms with Gasteiger partial charge in [0.2, 0.25) is 0 Å². The lowest BCUT2D eigenvalue weighted by atomic mass is 9.82. The molecule has 1 aliphatic rings. The Morgan fingerprint density at radius 1 is 1.00 bits per heavy atom. The molecule has 0 unspecified atom stereocenters. The minimum atomic E-state index is 0.0915. The molecule has 0 fully saturated rings. The highest BCUT2D eigenvalue weighted by molar-refractivity contribution is 6.07. The van der Waals surface area contributed by atoms with Gasteiger partial charge in [-0.2, -0.15) is 0 Å². The van der Waals surface area contributed by atoms with Gasteiger partial charge in [0.05, 0.1) is 12.2 Å². The second kappa shape index (κ2) is 3.66. The van der Waals surface area contributed by atoms with Crippen LogP contribution < -0.4 is 0 Å². The average Bonchev–Trinajstić information content (AvgIpc) is 2.57. The summed E-state index contributed by atoms with van der Waals surface area (Å²) in [5.74, 6) is 0. The van der Waals surface area contributed by atoms with Crippen LogP contribution in [0.1, 0.15) is 58.4 Å². The smallest absolute Gasteiger partial charge is 0.0668 e. The van der Waals surface area contributed by atoms with Crippen LogP contribution in [0, 0.1) is 5.41 Å². The van der Waals surface area contributed by atoms with E-state index in [0.717, 1.165) is 6.54 Å². The van der Waals surface area contributed by atoms with E-state index >= 15 is 0 Å². The molecule has 1 aromatic heterocycles. The largest absolute Gasteiger partial charge is 0.284 e. The van der Waals surface area contributed by atoms with Gasteiger partial charge >= 0.3 is 0 Å². The second-order valence-corrected chi connectivity index (χ2v) is 6.85. The van der Waals surface area contributed by atoms with E-state index in [2.05, 4.69) is 52.6 Å². The third kappa shape index (κ3) is 2.13. The van der Waals surface area contributed by atoms with Gasteiger partial charge in [0.25, 0.3) is 0 Å². The van der Waals surface area contributed by atoms with Crippen molar-refractivity contribution < 1.29 is 0 Å². The van der Waals surface area contributed by atoms with Gasteiger partial charge in [-0.1, -0.05) is 41.5 Å². The minimum absolute atomic E-state index is 0.0915. The highest BCUT2D eigenvalue weighted by atomic mass is 14.8. The van der Waals surface area contributed by atoms with Gasteiger partial charge in [-0.05, 0) is 6.07 Å². The van der Waals surface area contributed by atoms with Crippen LogP contribution in [0.2, 0.25) is 0 Å². The highest BCUT2D eigenvalue weighted by Crippen LogP contribution is 2.34. The summed E-state index contributed by atoms with van der Waals surface area (Å²) in [5.41, 5.74) is 5.25. The molecular formula is C15H22N2. The summed E-state index contributed by atoms with van der Waals surface area (Å²) in [5, 5.41) is 0. The molecule has 0 saturated carbocycles. The third-order valence-electron chi connectivity index (χ3n) is 3.13. The van der Waals surface area contributed by atoms with Gasteiger partial charge in [-0.15, -0.1) is 0 Å². The van der Waals surface area contributed by atoms with Crippen molar-refractivity contribution in [1.82, 2.24) is 4.98 Å². The Balaban J connectivity index is 2.55. The van der Waals surface area contributed by atoms with E-state index in [4.69, 9.17) is 4.99 Å². The van der Waals surface area contributed by atoms with Gasteiger partial charge in [-0.25, -0.2) is 0 Å². The van der Waals surface area contributed by atoms with Crippen molar-refractivity contribution in [2.24, 2.45) is 10.4 Å². The summed E-state index contributed by atoms with van der Waals surface area (Å²) in [6.45, 7) is 14.1. The molecule has 0 N–H and O–H groups in total. The molecule has 0 saturated heterocycles. The highest BCUT2D eigenvalue weighted by Gasteiger charge is 2.30. The molecule has 2 nitrogen and oxygen atoms in total. The van der Waals surface area contributed by atoms with Crippen LogP contribution >= 0.6 is 0 Å². The van der Waals surface area contributed by atoms with Crippen LogP contribution in [0.5, 0.6) is 0 Å². The molecule has 0 atom stereocenters. The van der Waals surface area contributed by atoms with Crippen molar-refractivity contribution in [3.63, 3.8) is 0 Å². The van der Waals surface area contributed by atoms with Crippen LogP contribution in [0.25, 0.3) is 0 Å². The summed E-state index contributed by atoms with van der Waals surface area (Å²) < 4.78 is 0. The summed E-state index contributed by atoms with van der Waals surface area (Å²) >= 11 is 0. The lowest BCUT2D eigenvalue weighted by molar-refractivity contribution is 0.561. The van der Waals surface area contributed by atoms with E-state index < -0.39 is 0 Å². The number of nitrogens with zero attached hydrogens (tertiary/aromatic N) is 2. The van der Waals surface area contributed by atoms with Crippen LogP contribution in [0.3, 0.4) is 0 Å². The molecule has 0 aliphatic carbocycles. The zero-order chi connectivity index (χ0) is 12.8. The van der Waals surface area contributed by atoms with E-state index in [9.17, 15) is 0 Å². The van der Waals surface area contributed by atoms with E-state index in [0.29, 0.717) is 0 Å². The molecule has 0 radical (unpaired) electrons. The number of pyridine rings is 1. The molecule has 1 aliphatic heterocycles. The van der Waals surface area contributed by atoms with E-state index in [1.807, 2.05) is 6.20 Å². The lowest BCUT2D eigenvalue weighted by Gasteiger charge is -2.23. The Morgan fingerprint density at radius 3 is 2.18 bits per heavy atom. The Bertz CT molecular complexity index is 471. The summed E-state index contributed by atoms with van der Waals surface area (Å²) in [6, 6.07) is 2.11. The monoisotopic (exact) mass is 230 g/mol. The van der Waals surface area contributed by atoms with Crippen LogP contribution in [0.15, 0.2) is 17.3 Å². The van der Waals surface area contributed by atoms with E-state index in [-0.39, 0.29) is 10.8 Å². The maximum absolute atomic E-state index is 4.73. The molecule has 0 spiro atoms. The predicted molar refractivity (Wildman–Crippen MR) is 72.6 cm³/mol. The van der Waals surface area contributed by atoms with Crippen LogP contribution in [-0.4, -0.2) is 10.7 Å². The first kappa shape index (κ1) is 12.3. The first-order chi connectivity index (χ1) is 7.71. The molecule has 2 rings (SSSR count). The SMILES string of the molecule is CC(C)(C)C1=NCc2c1ccnc2C(C)(C)C. The quantitative estimate of drug-likeness (QED) is 0.666.